The molecule has 1 aromatic rings. The molecule has 0 saturated carbocycles. The summed E-state index contributed by atoms with van der Waals surface area (Å²) in [6, 6.07) is 5.74. The molecule has 1 heterocycles. The molecule has 2 amide bonds. The number of anilines is 1. The minimum Gasteiger partial charge on any atom is -0.376 e. The van der Waals surface area contributed by atoms with E-state index in [1.165, 1.54) is 6.42 Å². The van der Waals surface area contributed by atoms with Crippen LogP contribution in [0.4, 0.5) is 5.69 Å². The van der Waals surface area contributed by atoms with Gasteiger partial charge in [-0.2, -0.15) is 0 Å². The molecule has 2 unspecified atom stereocenters. The first kappa shape index (κ1) is 21.5. The van der Waals surface area contributed by atoms with Gasteiger partial charge in [-0.3, -0.25) is 9.59 Å². The number of halogens is 1. The van der Waals surface area contributed by atoms with Crippen molar-refractivity contribution in [3.63, 3.8) is 0 Å². The molecule has 0 spiro atoms. The Morgan fingerprint density at radius 2 is 1.85 bits per heavy atom. The number of rotatable bonds is 6. The van der Waals surface area contributed by atoms with Crippen LogP contribution in [0, 0.1) is 0 Å². The van der Waals surface area contributed by atoms with Crippen LogP contribution in [0.3, 0.4) is 0 Å². The van der Waals surface area contributed by atoms with Crippen LogP contribution < -0.4 is 10.6 Å². The van der Waals surface area contributed by atoms with Crippen molar-refractivity contribution in [3.05, 3.63) is 28.8 Å². The molecule has 2 rings (SSSR count). The standard InChI is InChI=1S/C21H32ClN3O2/c1-6-21(4,5)24-20(27)17-11-10-16(12-18(17)22)23-13-19(26)25-14(2)8-7-9-15(25)3/h10-12,14-15,23H,6-9,13H2,1-5H3,(H,24,27). The molecule has 0 bridgehead atoms. The van der Waals surface area contributed by atoms with E-state index in [9.17, 15) is 9.59 Å². The van der Waals surface area contributed by atoms with E-state index >= 15 is 0 Å². The van der Waals surface area contributed by atoms with Crippen LogP contribution in [0.15, 0.2) is 18.2 Å². The fourth-order valence-electron chi connectivity index (χ4n) is 3.45. The van der Waals surface area contributed by atoms with Gasteiger partial charge >= 0.3 is 0 Å². The normalized spacial score (nSPS) is 20.3. The van der Waals surface area contributed by atoms with Gasteiger partial charge in [0.25, 0.3) is 5.91 Å². The lowest BCUT2D eigenvalue weighted by molar-refractivity contribution is -0.135. The number of hydrogen-bond acceptors (Lipinski definition) is 3. The average Bonchev–Trinajstić information content (AvgIpc) is 2.59. The highest BCUT2D eigenvalue weighted by molar-refractivity contribution is 6.34. The molecule has 2 N–H and O–H groups in total. The summed E-state index contributed by atoms with van der Waals surface area (Å²) in [5.74, 6) is -0.0946. The number of nitrogens with one attached hydrogen (secondary N) is 2. The summed E-state index contributed by atoms with van der Waals surface area (Å²) >= 11 is 6.31. The molecule has 1 aliphatic rings. The van der Waals surface area contributed by atoms with E-state index in [4.69, 9.17) is 11.6 Å². The van der Waals surface area contributed by atoms with Gasteiger partial charge in [0.2, 0.25) is 5.91 Å². The van der Waals surface area contributed by atoms with E-state index in [1.807, 2.05) is 25.7 Å². The van der Waals surface area contributed by atoms with E-state index < -0.39 is 0 Å². The number of hydrogen-bond donors (Lipinski definition) is 2. The van der Waals surface area contributed by atoms with Crippen molar-refractivity contribution in [1.82, 2.24) is 10.2 Å². The predicted octanol–water partition coefficient (Wildman–Crippen LogP) is 4.46. The van der Waals surface area contributed by atoms with Crippen LogP contribution in [0.5, 0.6) is 0 Å². The lowest BCUT2D eigenvalue weighted by atomic mass is 9.97. The third-order valence-corrected chi connectivity index (χ3v) is 5.79. The molecule has 27 heavy (non-hydrogen) atoms. The number of nitrogens with zero attached hydrogens (tertiary/aromatic N) is 1. The van der Waals surface area contributed by atoms with Crippen molar-refractivity contribution in [1.29, 1.82) is 0 Å². The fourth-order valence-corrected chi connectivity index (χ4v) is 3.72. The molecule has 0 aliphatic carbocycles. The van der Waals surface area contributed by atoms with Crippen LogP contribution in [0.25, 0.3) is 0 Å². The average molecular weight is 394 g/mol. The lowest BCUT2D eigenvalue weighted by Gasteiger charge is -2.39. The topological polar surface area (TPSA) is 61.4 Å². The van der Waals surface area contributed by atoms with Crippen molar-refractivity contribution in [2.75, 3.05) is 11.9 Å². The molecule has 1 aromatic carbocycles. The summed E-state index contributed by atoms with van der Waals surface area (Å²) in [5, 5.41) is 6.49. The number of piperidine rings is 1. The van der Waals surface area contributed by atoms with E-state index in [1.54, 1.807) is 18.2 Å². The summed E-state index contributed by atoms with van der Waals surface area (Å²) in [6.07, 6.45) is 4.11. The molecule has 1 fully saturated rings. The van der Waals surface area contributed by atoms with Crippen molar-refractivity contribution in [2.24, 2.45) is 0 Å². The second-order valence-electron chi connectivity index (χ2n) is 8.17. The zero-order valence-corrected chi connectivity index (χ0v) is 17.8. The van der Waals surface area contributed by atoms with E-state index in [0.29, 0.717) is 10.6 Å². The number of amides is 2. The Balaban J connectivity index is 1.99. The van der Waals surface area contributed by atoms with E-state index in [2.05, 4.69) is 24.5 Å². The van der Waals surface area contributed by atoms with Crippen molar-refractivity contribution in [2.45, 2.75) is 77.9 Å². The number of carbonyl (C=O) groups is 2. The van der Waals surface area contributed by atoms with Gasteiger partial charge < -0.3 is 15.5 Å². The second-order valence-corrected chi connectivity index (χ2v) is 8.58. The fraction of sp³-hybridized carbons (Fsp3) is 0.619. The first-order valence-electron chi connectivity index (χ1n) is 9.81. The molecule has 5 nitrogen and oxygen atoms in total. The minimum atomic E-state index is -0.286. The van der Waals surface area contributed by atoms with Gasteiger partial charge in [-0.1, -0.05) is 18.5 Å². The number of likely N-dealkylation sites (tertiary alicyclic amines) is 1. The third-order valence-electron chi connectivity index (χ3n) is 5.47. The Morgan fingerprint density at radius 3 is 2.41 bits per heavy atom. The summed E-state index contributed by atoms with van der Waals surface area (Å²) in [4.78, 5) is 27.0. The van der Waals surface area contributed by atoms with Crippen molar-refractivity contribution < 1.29 is 9.59 Å². The van der Waals surface area contributed by atoms with Crippen LogP contribution in [-0.2, 0) is 4.79 Å². The highest BCUT2D eigenvalue weighted by Crippen LogP contribution is 2.24. The second kappa shape index (κ2) is 8.96. The smallest absolute Gasteiger partial charge is 0.253 e. The van der Waals surface area contributed by atoms with Gasteiger partial charge in [0, 0.05) is 23.3 Å². The highest BCUT2D eigenvalue weighted by Gasteiger charge is 2.28. The third kappa shape index (κ3) is 5.61. The molecule has 150 valence electrons. The molecule has 6 heteroatoms. The minimum absolute atomic E-state index is 0.0948. The number of benzene rings is 1. The molecular formula is C21H32ClN3O2. The largest absolute Gasteiger partial charge is 0.376 e. The maximum Gasteiger partial charge on any atom is 0.253 e. The molecule has 0 aromatic heterocycles. The van der Waals surface area contributed by atoms with Gasteiger partial charge in [-0.15, -0.1) is 0 Å². The van der Waals surface area contributed by atoms with Crippen LogP contribution in [0.2, 0.25) is 5.02 Å². The van der Waals surface area contributed by atoms with Crippen LogP contribution in [0.1, 0.15) is 70.7 Å². The van der Waals surface area contributed by atoms with Gasteiger partial charge in [0.15, 0.2) is 0 Å². The summed E-state index contributed by atoms with van der Waals surface area (Å²) in [6.45, 7) is 10.4. The van der Waals surface area contributed by atoms with Crippen LogP contribution >= 0.6 is 11.6 Å². The Bertz CT molecular complexity index is 680. The SMILES string of the molecule is CCC(C)(C)NC(=O)c1ccc(NCC(=O)N2C(C)CCCC2C)cc1Cl. The van der Waals surface area contributed by atoms with E-state index in [-0.39, 0.29) is 36.0 Å². The maximum atomic E-state index is 12.6. The zero-order valence-electron chi connectivity index (χ0n) is 17.1. The first-order valence-corrected chi connectivity index (χ1v) is 10.2. The van der Waals surface area contributed by atoms with Gasteiger partial charge in [-0.25, -0.2) is 0 Å². The summed E-state index contributed by atoms with van der Waals surface area (Å²) in [5.41, 5.74) is 0.885. The Hall–Kier alpha value is -1.75. The van der Waals surface area contributed by atoms with Gasteiger partial charge in [0.05, 0.1) is 17.1 Å². The molecule has 1 saturated heterocycles. The molecule has 2 atom stereocenters. The monoisotopic (exact) mass is 393 g/mol. The molecule has 1 aliphatic heterocycles. The van der Waals surface area contributed by atoms with Crippen molar-refractivity contribution >= 4 is 29.1 Å². The van der Waals surface area contributed by atoms with Crippen molar-refractivity contribution in [3.8, 4) is 0 Å². The van der Waals surface area contributed by atoms with Gasteiger partial charge in [0.1, 0.15) is 0 Å². The Morgan fingerprint density at radius 1 is 1.22 bits per heavy atom. The zero-order chi connectivity index (χ0) is 20.2. The quantitative estimate of drug-likeness (QED) is 0.750. The first-order chi connectivity index (χ1) is 12.6. The molecular weight excluding hydrogens is 362 g/mol. The molecule has 0 radical (unpaired) electrons. The highest BCUT2D eigenvalue weighted by atomic mass is 35.5. The summed E-state index contributed by atoms with van der Waals surface area (Å²) in [7, 11) is 0. The van der Waals surface area contributed by atoms with Crippen LogP contribution in [-0.4, -0.2) is 40.9 Å². The van der Waals surface area contributed by atoms with Gasteiger partial charge in [-0.05, 0) is 71.6 Å². The number of carbonyl (C=O) groups excluding carboxylic acids is 2. The maximum absolute atomic E-state index is 12.6. The Kier molecular flexibility index (Phi) is 7.15. The Labute approximate surface area is 167 Å². The summed E-state index contributed by atoms with van der Waals surface area (Å²) < 4.78 is 0. The van der Waals surface area contributed by atoms with E-state index in [0.717, 1.165) is 24.9 Å². The predicted molar refractivity (Wildman–Crippen MR) is 111 cm³/mol. The lowest BCUT2D eigenvalue weighted by Crippen LogP contribution is -2.49.